The van der Waals surface area contributed by atoms with E-state index in [9.17, 15) is 0 Å². The molecule has 0 atom stereocenters. The lowest BCUT2D eigenvalue weighted by molar-refractivity contribution is 0.419. The maximum Gasteiger partial charge on any atom is 0.223 e. The van der Waals surface area contributed by atoms with Crippen LogP contribution in [0.2, 0.25) is 0 Å². The second-order valence-corrected chi connectivity index (χ2v) is 6.95. The molecule has 5 rings (SSSR count). The zero-order valence-corrected chi connectivity index (χ0v) is 15.7. The Morgan fingerprint density at radius 2 is 2.07 bits per heavy atom. The molecule has 0 saturated carbocycles. The zero-order valence-electron chi connectivity index (χ0n) is 15.7. The highest BCUT2D eigenvalue weighted by atomic mass is 16.5. The van der Waals surface area contributed by atoms with Gasteiger partial charge in [0.1, 0.15) is 17.1 Å². The Labute approximate surface area is 162 Å². The van der Waals surface area contributed by atoms with Gasteiger partial charge in [0.25, 0.3) is 0 Å². The van der Waals surface area contributed by atoms with Gasteiger partial charge in [0.05, 0.1) is 13.7 Å². The van der Waals surface area contributed by atoms with Crippen LogP contribution in [0.4, 0.5) is 11.8 Å². The fourth-order valence-electron chi connectivity index (χ4n) is 3.86. The maximum atomic E-state index is 6.16. The molecule has 4 heterocycles. The van der Waals surface area contributed by atoms with Gasteiger partial charge in [0.2, 0.25) is 5.95 Å². The molecule has 1 aliphatic rings. The Balaban J connectivity index is 1.59. The van der Waals surface area contributed by atoms with Crippen LogP contribution in [0.15, 0.2) is 36.5 Å². The summed E-state index contributed by atoms with van der Waals surface area (Å²) < 4.78 is 7.03. The van der Waals surface area contributed by atoms with Gasteiger partial charge in [-0.2, -0.15) is 4.52 Å². The summed E-state index contributed by atoms with van der Waals surface area (Å²) in [6.07, 6.45) is 5.18. The highest BCUT2D eigenvalue weighted by molar-refractivity contribution is 5.95. The molecule has 142 valence electrons. The number of aryl methyl sites for hydroxylation is 1. The number of aromatic nitrogens is 5. The lowest BCUT2D eigenvalue weighted by Gasteiger charge is -2.21. The van der Waals surface area contributed by atoms with Crippen LogP contribution in [0, 0.1) is 0 Å². The Hall–Kier alpha value is -3.42. The lowest BCUT2D eigenvalue weighted by atomic mass is 10.1. The van der Waals surface area contributed by atoms with E-state index in [4.69, 9.17) is 15.5 Å². The molecule has 1 aliphatic heterocycles. The Bertz CT molecular complexity index is 1170. The first kappa shape index (κ1) is 16.7. The number of nitrogens with zero attached hydrogens (tertiary/aromatic N) is 6. The first-order valence-electron chi connectivity index (χ1n) is 9.41. The molecule has 1 aromatic carbocycles. The molecular weight excluding hydrogens is 354 g/mol. The molecule has 0 amide bonds. The number of para-hydroxylation sites is 1. The average Bonchev–Trinajstić information content (AvgIpc) is 3.04. The zero-order chi connectivity index (χ0) is 19.1. The molecule has 4 aromatic rings. The van der Waals surface area contributed by atoms with Gasteiger partial charge in [-0.3, -0.25) is 0 Å². The standard InChI is InChI=1S/C20H21N7O/c1-28-15-9-4-8-14-17(15)24-20(21)27-19(14)23-16(25-27)12-26-11-3-2-6-13-7-5-10-22-18(13)26/h4-5,7-10H,2-3,6,11-12H2,1H3,(H2,21,24). The van der Waals surface area contributed by atoms with E-state index in [0.29, 0.717) is 35.2 Å². The molecule has 2 N–H and O–H groups in total. The van der Waals surface area contributed by atoms with Gasteiger partial charge in [0.15, 0.2) is 11.5 Å². The molecule has 28 heavy (non-hydrogen) atoms. The van der Waals surface area contributed by atoms with Crippen molar-refractivity contribution in [1.82, 2.24) is 24.6 Å². The van der Waals surface area contributed by atoms with Gasteiger partial charge >= 0.3 is 0 Å². The van der Waals surface area contributed by atoms with Crippen LogP contribution in [-0.2, 0) is 13.0 Å². The molecule has 8 heteroatoms. The summed E-state index contributed by atoms with van der Waals surface area (Å²) in [6, 6.07) is 9.89. The summed E-state index contributed by atoms with van der Waals surface area (Å²) in [4.78, 5) is 16.1. The second-order valence-electron chi connectivity index (χ2n) is 6.95. The first-order valence-corrected chi connectivity index (χ1v) is 9.41. The number of fused-ring (bicyclic) bond motifs is 4. The second kappa shape index (κ2) is 6.63. The Morgan fingerprint density at radius 3 is 2.96 bits per heavy atom. The van der Waals surface area contributed by atoms with Crippen LogP contribution in [0.3, 0.4) is 0 Å². The molecule has 0 spiro atoms. The van der Waals surface area contributed by atoms with Crippen molar-refractivity contribution in [2.24, 2.45) is 0 Å². The van der Waals surface area contributed by atoms with E-state index in [1.54, 1.807) is 11.6 Å². The van der Waals surface area contributed by atoms with Crippen LogP contribution in [0.5, 0.6) is 5.75 Å². The molecule has 0 fully saturated rings. The topological polar surface area (TPSA) is 94.5 Å². The van der Waals surface area contributed by atoms with Crippen molar-refractivity contribution in [2.45, 2.75) is 25.8 Å². The maximum absolute atomic E-state index is 6.16. The summed E-state index contributed by atoms with van der Waals surface area (Å²) in [5.74, 6) is 2.68. The Morgan fingerprint density at radius 1 is 1.14 bits per heavy atom. The summed E-state index contributed by atoms with van der Waals surface area (Å²) >= 11 is 0. The van der Waals surface area contributed by atoms with Crippen molar-refractivity contribution in [3.63, 3.8) is 0 Å². The number of hydrogen-bond donors (Lipinski definition) is 1. The average molecular weight is 375 g/mol. The molecule has 0 radical (unpaired) electrons. The van der Waals surface area contributed by atoms with Gasteiger partial charge in [0, 0.05) is 18.1 Å². The summed E-state index contributed by atoms with van der Waals surface area (Å²) in [6.45, 7) is 1.51. The molecule has 0 saturated heterocycles. The van der Waals surface area contributed by atoms with Crippen molar-refractivity contribution in [2.75, 3.05) is 24.3 Å². The van der Waals surface area contributed by atoms with Crippen LogP contribution < -0.4 is 15.4 Å². The number of methoxy groups -OCH3 is 1. The van der Waals surface area contributed by atoms with E-state index < -0.39 is 0 Å². The number of anilines is 2. The minimum Gasteiger partial charge on any atom is -0.494 e. The SMILES string of the molecule is COc1cccc2c1nc(N)n1nc(CN3CCCCc4cccnc43)nc21. The number of hydrogen-bond acceptors (Lipinski definition) is 7. The van der Waals surface area contributed by atoms with Gasteiger partial charge in [-0.1, -0.05) is 12.1 Å². The van der Waals surface area contributed by atoms with Gasteiger partial charge in [-0.25, -0.2) is 15.0 Å². The predicted molar refractivity (Wildman–Crippen MR) is 107 cm³/mol. The predicted octanol–water partition coefficient (Wildman–Crippen LogP) is 2.61. The Kier molecular flexibility index (Phi) is 3.96. The first-order chi connectivity index (χ1) is 13.7. The van der Waals surface area contributed by atoms with Crippen molar-refractivity contribution in [3.05, 3.63) is 47.9 Å². The van der Waals surface area contributed by atoms with E-state index in [0.717, 1.165) is 37.0 Å². The highest BCUT2D eigenvalue weighted by Gasteiger charge is 2.20. The van der Waals surface area contributed by atoms with Crippen molar-refractivity contribution in [1.29, 1.82) is 0 Å². The molecule has 0 unspecified atom stereocenters. The van der Waals surface area contributed by atoms with Crippen LogP contribution in [0.1, 0.15) is 24.2 Å². The van der Waals surface area contributed by atoms with Crippen LogP contribution in [-0.4, -0.2) is 38.2 Å². The minimum absolute atomic E-state index is 0.292. The molecule has 0 bridgehead atoms. The monoisotopic (exact) mass is 375 g/mol. The van der Waals surface area contributed by atoms with E-state index in [1.807, 2.05) is 30.5 Å². The molecular formula is C20H21N7O. The fourth-order valence-corrected chi connectivity index (χ4v) is 3.86. The quantitative estimate of drug-likeness (QED) is 0.588. The summed E-state index contributed by atoms with van der Waals surface area (Å²) in [5.41, 5.74) is 8.82. The lowest BCUT2D eigenvalue weighted by Crippen LogP contribution is -2.25. The largest absolute Gasteiger partial charge is 0.494 e. The van der Waals surface area contributed by atoms with Crippen LogP contribution in [0.25, 0.3) is 16.6 Å². The molecule has 8 nitrogen and oxygen atoms in total. The van der Waals surface area contributed by atoms with E-state index in [1.165, 1.54) is 5.56 Å². The fraction of sp³-hybridized carbons (Fsp3) is 0.300. The number of rotatable bonds is 3. The number of ether oxygens (including phenoxy) is 1. The third-order valence-corrected chi connectivity index (χ3v) is 5.18. The normalized spacial score (nSPS) is 14.2. The highest BCUT2D eigenvalue weighted by Crippen LogP contribution is 2.28. The van der Waals surface area contributed by atoms with Crippen LogP contribution >= 0.6 is 0 Å². The summed E-state index contributed by atoms with van der Waals surface area (Å²) in [7, 11) is 1.62. The number of pyridine rings is 1. The van der Waals surface area contributed by atoms with E-state index in [-0.39, 0.29) is 0 Å². The third kappa shape index (κ3) is 2.69. The van der Waals surface area contributed by atoms with Crippen molar-refractivity contribution >= 4 is 28.3 Å². The van der Waals surface area contributed by atoms with Gasteiger partial charge in [-0.15, -0.1) is 5.10 Å². The van der Waals surface area contributed by atoms with E-state index >= 15 is 0 Å². The van der Waals surface area contributed by atoms with Crippen molar-refractivity contribution < 1.29 is 4.74 Å². The number of benzene rings is 1. The van der Waals surface area contributed by atoms with Gasteiger partial charge < -0.3 is 15.4 Å². The number of nitrogens with two attached hydrogens (primary N) is 1. The third-order valence-electron chi connectivity index (χ3n) is 5.18. The van der Waals surface area contributed by atoms with Gasteiger partial charge in [-0.05, 0) is 43.0 Å². The molecule has 3 aromatic heterocycles. The summed E-state index contributed by atoms with van der Waals surface area (Å²) in [5, 5.41) is 5.49. The minimum atomic E-state index is 0.292. The van der Waals surface area contributed by atoms with E-state index in [2.05, 4.69) is 26.0 Å². The number of nitrogen functional groups attached to an aromatic ring is 1. The van der Waals surface area contributed by atoms with Crippen molar-refractivity contribution in [3.8, 4) is 5.75 Å². The smallest absolute Gasteiger partial charge is 0.223 e. The molecule has 0 aliphatic carbocycles.